The predicted octanol–water partition coefficient (Wildman–Crippen LogP) is 4.65. The average Bonchev–Trinajstić information content (AvgIpc) is 2.43. The lowest BCUT2D eigenvalue weighted by Gasteiger charge is -2.29. The summed E-state index contributed by atoms with van der Waals surface area (Å²) in [7, 11) is 0. The summed E-state index contributed by atoms with van der Waals surface area (Å²) in [6, 6.07) is 10.9. The van der Waals surface area contributed by atoms with Crippen LogP contribution in [-0.4, -0.2) is 11.1 Å². The van der Waals surface area contributed by atoms with Crippen LogP contribution in [0.1, 0.15) is 12.5 Å². The molecule has 2 rings (SSSR count). The van der Waals surface area contributed by atoms with E-state index in [0.29, 0.717) is 15.2 Å². The minimum Gasteiger partial charge on any atom is -0.479 e. The fraction of sp³-hybridized carbons (Fsp3) is 0.133. The van der Waals surface area contributed by atoms with Crippen molar-refractivity contribution in [3.63, 3.8) is 0 Å². The van der Waals surface area contributed by atoms with Gasteiger partial charge in [-0.1, -0.05) is 39.7 Å². The number of nitrogens with one attached hydrogen (secondary N) is 1. The van der Waals surface area contributed by atoms with Gasteiger partial charge in [0, 0.05) is 10.0 Å². The van der Waals surface area contributed by atoms with Crippen LogP contribution in [0.3, 0.4) is 0 Å². The molecule has 21 heavy (non-hydrogen) atoms. The second-order valence-corrected chi connectivity index (χ2v) is 5.98. The first-order valence-electron chi connectivity index (χ1n) is 6.06. The molecule has 0 amide bonds. The molecular formula is C15H12BrClFNO2. The maximum atomic E-state index is 14.1. The maximum absolute atomic E-state index is 14.1. The number of aliphatic carboxylic acids is 1. The normalized spacial score (nSPS) is 13.5. The fourth-order valence-corrected chi connectivity index (χ4v) is 2.49. The van der Waals surface area contributed by atoms with Crippen LogP contribution in [0.2, 0.25) is 5.02 Å². The molecule has 0 saturated carbocycles. The Morgan fingerprint density at radius 2 is 2.00 bits per heavy atom. The Hall–Kier alpha value is -1.59. The zero-order valence-electron chi connectivity index (χ0n) is 11.0. The highest BCUT2D eigenvalue weighted by atomic mass is 79.9. The van der Waals surface area contributed by atoms with E-state index in [9.17, 15) is 14.3 Å². The molecule has 0 aliphatic carbocycles. The van der Waals surface area contributed by atoms with E-state index >= 15 is 0 Å². The number of hydrogen-bond donors (Lipinski definition) is 2. The first-order chi connectivity index (χ1) is 9.84. The van der Waals surface area contributed by atoms with Gasteiger partial charge >= 0.3 is 5.97 Å². The van der Waals surface area contributed by atoms with Gasteiger partial charge in [-0.05, 0) is 37.3 Å². The van der Waals surface area contributed by atoms with Crippen molar-refractivity contribution in [2.75, 3.05) is 5.32 Å². The van der Waals surface area contributed by atoms with Crippen LogP contribution in [0.25, 0.3) is 0 Å². The van der Waals surface area contributed by atoms with Gasteiger partial charge in [0.2, 0.25) is 0 Å². The van der Waals surface area contributed by atoms with Crippen LogP contribution in [0.4, 0.5) is 10.1 Å². The third-order valence-corrected chi connectivity index (χ3v) is 3.98. The van der Waals surface area contributed by atoms with Gasteiger partial charge in [0.25, 0.3) is 0 Å². The van der Waals surface area contributed by atoms with Crippen molar-refractivity contribution in [3.8, 4) is 0 Å². The van der Waals surface area contributed by atoms with E-state index in [1.165, 1.54) is 25.1 Å². The van der Waals surface area contributed by atoms with E-state index in [2.05, 4.69) is 21.2 Å². The molecule has 1 atom stereocenters. The molecular weight excluding hydrogens is 361 g/mol. The summed E-state index contributed by atoms with van der Waals surface area (Å²) in [4.78, 5) is 11.7. The Balaban J connectivity index is 2.53. The zero-order valence-corrected chi connectivity index (χ0v) is 13.4. The largest absolute Gasteiger partial charge is 0.479 e. The standard InChI is InChI=1S/C15H12BrClFNO2/c1-15(14(20)21,10-8-9(16)6-7-12(10)18)19-13-5-3-2-4-11(13)17/h2-8,19H,1H3,(H,20,21). The van der Waals surface area contributed by atoms with E-state index < -0.39 is 17.3 Å². The van der Waals surface area contributed by atoms with E-state index in [4.69, 9.17) is 11.6 Å². The van der Waals surface area contributed by atoms with Crippen LogP contribution < -0.4 is 5.32 Å². The second kappa shape index (κ2) is 6.03. The zero-order chi connectivity index (χ0) is 15.6. The molecule has 6 heteroatoms. The highest BCUT2D eigenvalue weighted by Crippen LogP contribution is 2.33. The number of hydrogen-bond acceptors (Lipinski definition) is 2. The Labute approximate surface area is 134 Å². The molecule has 2 aromatic rings. The Morgan fingerprint density at radius 3 is 2.62 bits per heavy atom. The van der Waals surface area contributed by atoms with Crippen molar-refractivity contribution in [2.24, 2.45) is 0 Å². The Morgan fingerprint density at radius 1 is 1.33 bits per heavy atom. The van der Waals surface area contributed by atoms with Crippen molar-refractivity contribution >= 4 is 39.2 Å². The number of para-hydroxylation sites is 1. The highest BCUT2D eigenvalue weighted by Gasteiger charge is 2.38. The molecule has 0 aromatic heterocycles. The summed E-state index contributed by atoms with van der Waals surface area (Å²) in [5, 5.41) is 12.7. The van der Waals surface area contributed by atoms with Crippen molar-refractivity contribution in [1.82, 2.24) is 0 Å². The maximum Gasteiger partial charge on any atom is 0.333 e. The molecule has 0 bridgehead atoms. The monoisotopic (exact) mass is 371 g/mol. The molecule has 3 nitrogen and oxygen atoms in total. The SMILES string of the molecule is CC(Nc1ccccc1Cl)(C(=O)O)c1cc(Br)ccc1F. The van der Waals surface area contributed by atoms with E-state index in [0.717, 1.165) is 0 Å². The van der Waals surface area contributed by atoms with Gasteiger partial charge in [-0.2, -0.15) is 0 Å². The first-order valence-corrected chi connectivity index (χ1v) is 7.23. The molecule has 0 aliphatic heterocycles. The van der Waals surface area contributed by atoms with Gasteiger partial charge in [0.15, 0.2) is 5.54 Å². The molecule has 1 unspecified atom stereocenters. The van der Waals surface area contributed by atoms with Gasteiger partial charge in [-0.3, -0.25) is 0 Å². The number of benzene rings is 2. The quantitative estimate of drug-likeness (QED) is 0.821. The molecule has 0 radical (unpaired) electrons. The molecule has 0 fully saturated rings. The van der Waals surface area contributed by atoms with Crippen LogP contribution >= 0.6 is 27.5 Å². The number of carbonyl (C=O) groups is 1. The Bertz CT molecular complexity index is 695. The third-order valence-electron chi connectivity index (χ3n) is 3.15. The number of rotatable bonds is 4. The lowest BCUT2D eigenvalue weighted by Crippen LogP contribution is -2.41. The first kappa shape index (κ1) is 15.8. The predicted molar refractivity (Wildman–Crippen MR) is 84.2 cm³/mol. The smallest absolute Gasteiger partial charge is 0.333 e. The molecule has 0 aliphatic rings. The van der Waals surface area contributed by atoms with Gasteiger partial charge < -0.3 is 10.4 Å². The molecule has 0 spiro atoms. The lowest BCUT2D eigenvalue weighted by molar-refractivity contribution is -0.142. The summed E-state index contributed by atoms with van der Waals surface area (Å²) in [6.45, 7) is 1.39. The highest BCUT2D eigenvalue weighted by molar-refractivity contribution is 9.10. The summed E-state index contributed by atoms with van der Waals surface area (Å²) in [5.41, 5.74) is -1.22. The number of carboxylic acids is 1. The summed E-state index contributed by atoms with van der Waals surface area (Å²) in [5.74, 6) is -1.82. The number of halogens is 3. The van der Waals surface area contributed by atoms with Crippen molar-refractivity contribution in [1.29, 1.82) is 0 Å². The minimum atomic E-state index is -1.65. The van der Waals surface area contributed by atoms with Gasteiger partial charge in [-0.15, -0.1) is 0 Å². The van der Waals surface area contributed by atoms with Crippen molar-refractivity contribution in [2.45, 2.75) is 12.5 Å². The molecule has 2 N–H and O–H groups in total. The fourth-order valence-electron chi connectivity index (χ4n) is 1.95. The number of carboxylic acid groups (broad SMARTS) is 1. The average molecular weight is 373 g/mol. The summed E-state index contributed by atoms with van der Waals surface area (Å²) < 4.78 is 14.7. The summed E-state index contributed by atoms with van der Waals surface area (Å²) >= 11 is 9.26. The lowest BCUT2D eigenvalue weighted by atomic mass is 9.91. The Kier molecular flexibility index (Phi) is 4.54. The molecule has 110 valence electrons. The van der Waals surface area contributed by atoms with Gasteiger partial charge in [-0.25, -0.2) is 9.18 Å². The molecule has 0 heterocycles. The van der Waals surface area contributed by atoms with Gasteiger partial charge in [0.05, 0.1) is 10.7 Å². The molecule has 0 saturated heterocycles. The topological polar surface area (TPSA) is 49.3 Å². The second-order valence-electron chi connectivity index (χ2n) is 4.66. The molecule has 2 aromatic carbocycles. The van der Waals surface area contributed by atoms with Gasteiger partial charge in [0.1, 0.15) is 5.82 Å². The van der Waals surface area contributed by atoms with Crippen LogP contribution in [-0.2, 0) is 10.3 Å². The van der Waals surface area contributed by atoms with E-state index in [1.807, 2.05) is 0 Å². The van der Waals surface area contributed by atoms with Crippen LogP contribution in [0.15, 0.2) is 46.9 Å². The third kappa shape index (κ3) is 3.19. The van der Waals surface area contributed by atoms with Crippen LogP contribution in [0.5, 0.6) is 0 Å². The van der Waals surface area contributed by atoms with Crippen molar-refractivity contribution < 1.29 is 14.3 Å². The van der Waals surface area contributed by atoms with Crippen LogP contribution in [0, 0.1) is 5.82 Å². The van der Waals surface area contributed by atoms with E-state index in [1.54, 1.807) is 24.3 Å². The minimum absolute atomic E-state index is 0.0179. The van der Waals surface area contributed by atoms with E-state index in [-0.39, 0.29) is 5.56 Å². The summed E-state index contributed by atoms with van der Waals surface area (Å²) in [6.07, 6.45) is 0. The van der Waals surface area contributed by atoms with Crippen molar-refractivity contribution in [3.05, 3.63) is 63.3 Å². The number of anilines is 1.